The summed E-state index contributed by atoms with van der Waals surface area (Å²) in [5.41, 5.74) is 5.54. The van der Waals surface area contributed by atoms with Crippen LogP contribution in [-0.4, -0.2) is 49.6 Å². The van der Waals surface area contributed by atoms with Crippen molar-refractivity contribution < 1.29 is 18.0 Å². The van der Waals surface area contributed by atoms with Crippen LogP contribution in [0.5, 0.6) is 0 Å². The Bertz CT molecular complexity index is 473. The first kappa shape index (κ1) is 17.3. The molecule has 0 bridgehead atoms. The Kier molecular flexibility index (Phi) is 6.47. The van der Waals surface area contributed by atoms with Crippen LogP contribution in [0.3, 0.4) is 0 Å². The molecule has 9 heteroatoms. The molecule has 0 saturated heterocycles. The molecular formula is C12H17F3N4OS. The molecule has 0 aliphatic heterocycles. The van der Waals surface area contributed by atoms with Crippen LogP contribution in [0.1, 0.15) is 4.88 Å². The van der Waals surface area contributed by atoms with Gasteiger partial charge in [0.15, 0.2) is 5.96 Å². The number of hydrogen-bond acceptors (Lipinski definition) is 3. The summed E-state index contributed by atoms with van der Waals surface area (Å²) in [6.45, 7) is -1.17. The first-order chi connectivity index (χ1) is 9.78. The highest BCUT2D eigenvalue weighted by molar-refractivity contribution is 7.09. The fourth-order valence-corrected chi connectivity index (χ4v) is 2.16. The smallest absolute Gasteiger partial charge is 0.370 e. The molecule has 0 aliphatic carbocycles. The van der Waals surface area contributed by atoms with Crippen LogP contribution in [-0.2, 0) is 11.2 Å². The molecule has 0 radical (unpaired) electrons. The third kappa shape index (κ3) is 7.54. The van der Waals surface area contributed by atoms with E-state index >= 15 is 0 Å². The molecule has 0 atom stereocenters. The number of halogens is 3. The summed E-state index contributed by atoms with van der Waals surface area (Å²) in [5.74, 6) is -0.698. The number of likely N-dealkylation sites (N-methyl/N-ethyl adjacent to an activating group) is 1. The van der Waals surface area contributed by atoms with E-state index < -0.39 is 25.2 Å². The molecular weight excluding hydrogens is 305 g/mol. The van der Waals surface area contributed by atoms with Crippen molar-refractivity contribution in [2.24, 2.45) is 10.7 Å². The molecule has 1 heterocycles. The fraction of sp³-hybridized carbons (Fsp3) is 0.500. The van der Waals surface area contributed by atoms with E-state index in [1.54, 1.807) is 11.3 Å². The molecule has 0 saturated carbocycles. The van der Waals surface area contributed by atoms with Crippen LogP contribution in [0.25, 0.3) is 0 Å². The van der Waals surface area contributed by atoms with Gasteiger partial charge in [0, 0.05) is 18.5 Å². The highest BCUT2D eigenvalue weighted by Crippen LogP contribution is 2.15. The Balaban J connectivity index is 2.29. The van der Waals surface area contributed by atoms with E-state index in [0.29, 0.717) is 11.4 Å². The number of carbonyl (C=O) groups is 1. The van der Waals surface area contributed by atoms with Crippen molar-refractivity contribution >= 4 is 23.2 Å². The van der Waals surface area contributed by atoms with Crippen molar-refractivity contribution in [2.75, 3.05) is 26.7 Å². The lowest BCUT2D eigenvalue weighted by Crippen LogP contribution is -2.38. The number of guanidine groups is 1. The molecule has 5 nitrogen and oxygen atoms in total. The van der Waals surface area contributed by atoms with Gasteiger partial charge in [0.1, 0.15) is 13.1 Å². The van der Waals surface area contributed by atoms with Gasteiger partial charge in [-0.3, -0.25) is 4.79 Å². The largest absolute Gasteiger partial charge is 0.406 e. The molecule has 1 amide bonds. The Morgan fingerprint density at radius 2 is 2.24 bits per heavy atom. The molecule has 1 aromatic rings. The van der Waals surface area contributed by atoms with Gasteiger partial charge in [0.25, 0.3) is 0 Å². The fourth-order valence-electron chi connectivity index (χ4n) is 1.46. The van der Waals surface area contributed by atoms with Gasteiger partial charge in [-0.05, 0) is 17.9 Å². The van der Waals surface area contributed by atoms with Crippen molar-refractivity contribution in [3.05, 3.63) is 22.4 Å². The number of aliphatic imine (C=N–C) groups is 1. The van der Waals surface area contributed by atoms with Crippen molar-refractivity contribution in [2.45, 2.75) is 12.6 Å². The van der Waals surface area contributed by atoms with E-state index in [2.05, 4.69) is 10.3 Å². The Morgan fingerprint density at radius 1 is 1.52 bits per heavy atom. The van der Waals surface area contributed by atoms with Gasteiger partial charge < -0.3 is 16.0 Å². The zero-order valence-electron chi connectivity index (χ0n) is 11.5. The van der Waals surface area contributed by atoms with Crippen molar-refractivity contribution in [3.8, 4) is 0 Å². The maximum atomic E-state index is 12.1. The standard InChI is InChI=1S/C12H17F3N4OS/c1-19(8-12(13,14)15)10(20)7-18-11(16)17-5-4-9-3-2-6-21-9/h2-3,6H,4-5,7-8H2,1H3,(H3,16,17,18). The molecule has 21 heavy (non-hydrogen) atoms. The summed E-state index contributed by atoms with van der Waals surface area (Å²) in [7, 11) is 1.08. The highest BCUT2D eigenvalue weighted by atomic mass is 32.1. The van der Waals surface area contributed by atoms with E-state index in [4.69, 9.17) is 5.73 Å². The highest BCUT2D eigenvalue weighted by Gasteiger charge is 2.30. The van der Waals surface area contributed by atoms with Gasteiger partial charge in [-0.2, -0.15) is 13.2 Å². The SMILES string of the molecule is CN(CC(F)(F)F)C(=O)CN=C(N)NCCc1cccs1. The number of carbonyl (C=O) groups excluding carboxylic acids is 1. The molecule has 0 spiro atoms. The second kappa shape index (κ2) is 7.87. The van der Waals surface area contributed by atoms with Crippen LogP contribution >= 0.6 is 11.3 Å². The quantitative estimate of drug-likeness (QED) is 0.611. The van der Waals surface area contributed by atoms with Crippen LogP contribution in [0.2, 0.25) is 0 Å². The van der Waals surface area contributed by atoms with Gasteiger partial charge in [0.05, 0.1) is 0 Å². The minimum absolute atomic E-state index is 0.0420. The summed E-state index contributed by atoms with van der Waals surface area (Å²) in [4.78, 5) is 16.9. The zero-order chi connectivity index (χ0) is 15.9. The lowest BCUT2D eigenvalue weighted by molar-refractivity contribution is -0.157. The Morgan fingerprint density at radius 3 is 2.81 bits per heavy atom. The number of rotatable bonds is 6. The van der Waals surface area contributed by atoms with Crippen LogP contribution in [0, 0.1) is 0 Å². The average molecular weight is 322 g/mol. The van der Waals surface area contributed by atoms with E-state index in [9.17, 15) is 18.0 Å². The molecule has 1 rings (SSSR count). The molecule has 0 unspecified atom stereocenters. The molecule has 1 aromatic heterocycles. The molecule has 118 valence electrons. The maximum Gasteiger partial charge on any atom is 0.406 e. The van der Waals surface area contributed by atoms with Gasteiger partial charge in [-0.15, -0.1) is 11.3 Å². The number of nitrogens with one attached hydrogen (secondary N) is 1. The van der Waals surface area contributed by atoms with Gasteiger partial charge in [-0.1, -0.05) is 6.07 Å². The maximum absolute atomic E-state index is 12.1. The summed E-state index contributed by atoms with van der Waals surface area (Å²) in [6.07, 6.45) is -3.66. The second-order valence-corrected chi connectivity index (χ2v) is 5.35. The van der Waals surface area contributed by atoms with Crippen molar-refractivity contribution in [1.82, 2.24) is 10.2 Å². The topological polar surface area (TPSA) is 70.7 Å². The number of nitrogens with two attached hydrogens (primary N) is 1. The number of amides is 1. The molecule has 3 N–H and O–H groups in total. The van der Waals surface area contributed by atoms with Gasteiger partial charge >= 0.3 is 6.18 Å². The predicted octanol–water partition coefficient (Wildman–Crippen LogP) is 1.22. The number of hydrogen-bond donors (Lipinski definition) is 2. The van der Waals surface area contributed by atoms with Crippen molar-refractivity contribution in [3.63, 3.8) is 0 Å². The normalized spacial score (nSPS) is 12.3. The lowest BCUT2D eigenvalue weighted by atomic mass is 10.3. The number of nitrogens with zero attached hydrogens (tertiary/aromatic N) is 2. The third-order valence-electron chi connectivity index (χ3n) is 2.48. The minimum Gasteiger partial charge on any atom is -0.370 e. The first-order valence-electron chi connectivity index (χ1n) is 6.15. The monoisotopic (exact) mass is 322 g/mol. The van der Waals surface area contributed by atoms with E-state index in [0.717, 1.165) is 13.5 Å². The number of thiophene rings is 1. The predicted molar refractivity (Wildman–Crippen MR) is 76.2 cm³/mol. The molecule has 0 aliphatic rings. The minimum atomic E-state index is -4.42. The summed E-state index contributed by atoms with van der Waals surface area (Å²) < 4.78 is 36.3. The molecule has 0 aromatic carbocycles. The van der Waals surface area contributed by atoms with Crippen molar-refractivity contribution in [1.29, 1.82) is 0 Å². The summed E-state index contributed by atoms with van der Waals surface area (Å²) in [6, 6.07) is 3.92. The first-order valence-corrected chi connectivity index (χ1v) is 7.03. The van der Waals surface area contributed by atoms with Crippen LogP contribution in [0.15, 0.2) is 22.5 Å². The molecule has 0 fully saturated rings. The summed E-state index contributed by atoms with van der Waals surface area (Å²) >= 11 is 1.61. The zero-order valence-corrected chi connectivity index (χ0v) is 12.3. The van der Waals surface area contributed by atoms with Crippen LogP contribution in [0.4, 0.5) is 13.2 Å². The average Bonchev–Trinajstić information content (AvgIpc) is 2.87. The van der Waals surface area contributed by atoms with E-state index in [1.165, 1.54) is 4.88 Å². The third-order valence-corrected chi connectivity index (χ3v) is 3.42. The summed E-state index contributed by atoms with van der Waals surface area (Å²) in [5, 5.41) is 4.77. The Hall–Kier alpha value is -1.77. The van der Waals surface area contributed by atoms with Crippen LogP contribution < -0.4 is 11.1 Å². The van der Waals surface area contributed by atoms with Gasteiger partial charge in [0.2, 0.25) is 5.91 Å². The lowest BCUT2D eigenvalue weighted by Gasteiger charge is -2.17. The van der Waals surface area contributed by atoms with E-state index in [1.807, 2.05) is 17.5 Å². The Labute approximate surface area is 124 Å². The van der Waals surface area contributed by atoms with E-state index in [-0.39, 0.29) is 5.96 Å². The number of alkyl halides is 3. The second-order valence-electron chi connectivity index (χ2n) is 4.32. The van der Waals surface area contributed by atoms with Gasteiger partial charge in [-0.25, -0.2) is 4.99 Å².